The van der Waals surface area contributed by atoms with E-state index in [4.69, 9.17) is 4.74 Å². The topological polar surface area (TPSA) is 134 Å². The number of H-pyrrole nitrogens is 1. The van der Waals surface area contributed by atoms with Crippen molar-refractivity contribution in [3.05, 3.63) is 70.5 Å². The van der Waals surface area contributed by atoms with Crippen LogP contribution in [-0.2, 0) is 19.6 Å². The van der Waals surface area contributed by atoms with E-state index in [0.717, 1.165) is 0 Å². The number of benzene rings is 2. The van der Waals surface area contributed by atoms with Crippen molar-refractivity contribution >= 4 is 38.5 Å². The van der Waals surface area contributed by atoms with Gasteiger partial charge in [-0.15, -0.1) is 0 Å². The molecule has 0 aliphatic heterocycles. The number of nitrogens with one attached hydrogen (secondary N) is 3. The summed E-state index contributed by atoms with van der Waals surface area (Å²) in [4.78, 5) is 37.7. The summed E-state index contributed by atoms with van der Waals surface area (Å²) in [6.07, 6.45) is -0.0836. The Morgan fingerprint density at radius 3 is 2.48 bits per heavy atom. The molecule has 0 aliphatic carbocycles. The summed E-state index contributed by atoms with van der Waals surface area (Å²) in [5, 5.41) is 3.21. The van der Waals surface area contributed by atoms with Gasteiger partial charge in [-0.2, -0.15) is 0 Å². The predicted octanol–water partition coefficient (Wildman–Crippen LogP) is 2.01. The zero-order valence-corrected chi connectivity index (χ0v) is 17.5. The first-order valence-electron chi connectivity index (χ1n) is 9.48. The number of aromatic amines is 1. The Labute approximate surface area is 178 Å². The largest absolute Gasteiger partial charge is 0.462 e. The van der Waals surface area contributed by atoms with Crippen molar-refractivity contribution in [2.24, 2.45) is 0 Å². The van der Waals surface area contributed by atoms with Crippen LogP contribution in [0.2, 0.25) is 0 Å². The molecule has 9 nitrogen and oxygen atoms in total. The molecule has 2 aromatic carbocycles. The molecular formula is C21H21N3O6S. The van der Waals surface area contributed by atoms with Gasteiger partial charge in [0.2, 0.25) is 21.5 Å². The summed E-state index contributed by atoms with van der Waals surface area (Å²) in [7, 11) is -3.82. The van der Waals surface area contributed by atoms with E-state index in [-0.39, 0.29) is 35.9 Å². The predicted molar refractivity (Wildman–Crippen MR) is 115 cm³/mol. The van der Waals surface area contributed by atoms with Crippen LogP contribution in [-0.4, -0.2) is 38.4 Å². The number of carbonyl (C=O) groups excluding carboxylic acids is 2. The van der Waals surface area contributed by atoms with E-state index in [1.165, 1.54) is 42.5 Å². The van der Waals surface area contributed by atoms with Gasteiger partial charge in [-0.05, 0) is 60.8 Å². The highest BCUT2D eigenvalue weighted by molar-refractivity contribution is 7.89. The number of hydrogen-bond donors (Lipinski definition) is 3. The average Bonchev–Trinajstić information content (AvgIpc) is 2.73. The van der Waals surface area contributed by atoms with Crippen LogP contribution in [0.1, 0.15) is 23.7 Å². The molecule has 3 N–H and O–H groups in total. The maximum atomic E-state index is 12.5. The molecule has 0 saturated heterocycles. The molecule has 31 heavy (non-hydrogen) atoms. The fourth-order valence-corrected chi connectivity index (χ4v) is 3.88. The number of fused-ring (bicyclic) bond motifs is 1. The molecule has 0 bridgehead atoms. The van der Waals surface area contributed by atoms with Crippen LogP contribution in [0.5, 0.6) is 0 Å². The van der Waals surface area contributed by atoms with Crippen molar-refractivity contribution in [2.45, 2.75) is 18.2 Å². The second-order valence-electron chi connectivity index (χ2n) is 6.57. The zero-order chi connectivity index (χ0) is 22.4. The first-order valence-corrected chi connectivity index (χ1v) is 11.0. The summed E-state index contributed by atoms with van der Waals surface area (Å²) >= 11 is 0. The van der Waals surface area contributed by atoms with Gasteiger partial charge < -0.3 is 15.0 Å². The summed E-state index contributed by atoms with van der Waals surface area (Å²) in [6.45, 7) is 1.88. The summed E-state index contributed by atoms with van der Waals surface area (Å²) in [6, 6.07) is 13.4. The number of carbonyl (C=O) groups is 2. The van der Waals surface area contributed by atoms with E-state index in [0.29, 0.717) is 22.2 Å². The third-order valence-corrected chi connectivity index (χ3v) is 5.79. The molecular weight excluding hydrogens is 422 g/mol. The van der Waals surface area contributed by atoms with E-state index in [1.54, 1.807) is 19.1 Å². The number of pyridine rings is 1. The molecule has 3 aromatic rings. The van der Waals surface area contributed by atoms with Gasteiger partial charge in [-0.25, -0.2) is 17.9 Å². The lowest BCUT2D eigenvalue weighted by atomic mass is 10.2. The molecule has 1 heterocycles. The SMILES string of the molecule is CCOC(=O)c1ccc(NC(=O)CCNS(=O)(=O)c2ccc3[nH]c(=O)ccc3c2)cc1. The first kappa shape index (κ1) is 22.2. The fraction of sp³-hybridized carbons (Fsp3) is 0.190. The highest BCUT2D eigenvalue weighted by Crippen LogP contribution is 2.16. The molecule has 1 amide bonds. The van der Waals surface area contributed by atoms with Gasteiger partial charge in [0.1, 0.15) is 0 Å². The lowest BCUT2D eigenvalue weighted by Crippen LogP contribution is -2.27. The second kappa shape index (κ2) is 9.54. The van der Waals surface area contributed by atoms with Crippen LogP contribution in [0.25, 0.3) is 10.9 Å². The normalized spacial score (nSPS) is 11.3. The average molecular weight is 443 g/mol. The van der Waals surface area contributed by atoms with Gasteiger partial charge in [0.05, 0.1) is 17.1 Å². The molecule has 1 aromatic heterocycles. The molecule has 162 valence electrons. The molecule has 0 radical (unpaired) electrons. The van der Waals surface area contributed by atoms with E-state index in [2.05, 4.69) is 15.0 Å². The molecule has 0 atom stereocenters. The lowest BCUT2D eigenvalue weighted by Gasteiger charge is -2.09. The number of hydrogen-bond acceptors (Lipinski definition) is 6. The maximum absolute atomic E-state index is 12.5. The molecule has 0 unspecified atom stereocenters. The number of sulfonamides is 1. The Balaban J connectivity index is 1.55. The van der Waals surface area contributed by atoms with Crippen LogP contribution in [0.15, 0.2) is 64.3 Å². The first-order chi connectivity index (χ1) is 14.8. The Morgan fingerprint density at radius 2 is 1.77 bits per heavy atom. The van der Waals surface area contributed by atoms with Crippen molar-refractivity contribution in [3.8, 4) is 0 Å². The molecule has 0 saturated carbocycles. The molecule has 0 aliphatic rings. The van der Waals surface area contributed by atoms with Crippen LogP contribution < -0.4 is 15.6 Å². The van der Waals surface area contributed by atoms with Gasteiger partial charge >= 0.3 is 5.97 Å². The molecule has 10 heteroatoms. The Hall–Kier alpha value is -3.50. The molecule has 0 spiro atoms. The van der Waals surface area contributed by atoms with Crippen molar-refractivity contribution in [3.63, 3.8) is 0 Å². The van der Waals surface area contributed by atoms with Crippen molar-refractivity contribution in [1.29, 1.82) is 0 Å². The summed E-state index contributed by atoms with van der Waals surface area (Å²) in [5.74, 6) is -0.836. The fourth-order valence-electron chi connectivity index (χ4n) is 2.81. The second-order valence-corrected chi connectivity index (χ2v) is 8.33. The van der Waals surface area contributed by atoms with E-state index in [1.807, 2.05) is 0 Å². The monoisotopic (exact) mass is 443 g/mol. The van der Waals surface area contributed by atoms with Gasteiger partial charge in [0, 0.05) is 30.2 Å². The number of aromatic nitrogens is 1. The van der Waals surface area contributed by atoms with Crippen LogP contribution in [0.4, 0.5) is 5.69 Å². The third-order valence-electron chi connectivity index (χ3n) is 4.33. The number of esters is 1. The minimum atomic E-state index is -3.82. The summed E-state index contributed by atoms with van der Waals surface area (Å²) < 4.78 is 32.2. The lowest BCUT2D eigenvalue weighted by molar-refractivity contribution is -0.116. The maximum Gasteiger partial charge on any atom is 0.338 e. The highest BCUT2D eigenvalue weighted by atomic mass is 32.2. The highest BCUT2D eigenvalue weighted by Gasteiger charge is 2.15. The molecule has 3 rings (SSSR count). The van der Waals surface area contributed by atoms with Gasteiger partial charge in [-0.1, -0.05) is 0 Å². The van der Waals surface area contributed by atoms with Crippen molar-refractivity contribution < 1.29 is 22.7 Å². The van der Waals surface area contributed by atoms with Crippen LogP contribution in [0.3, 0.4) is 0 Å². The Morgan fingerprint density at radius 1 is 1.03 bits per heavy atom. The van der Waals surface area contributed by atoms with Gasteiger partial charge in [0.15, 0.2) is 0 Å². The third kappa shape index (κ3) is 5.77. The number of amides is 1. The summed E-state index contributed by atoms with van der Waals surface area (Å²) in [5.41, 5.74) is 1.10. The standard InChI is InChI=1S/C21H21N3O6S/c1-2-30-21(27)14-3-6-16(7-4-14)23-20(26)11-12-22-31(28,29)17-8-9-18-15(13-17)5-10-19(25)24-18/h3-10,13,22H,2,11-12H2,1H3,(H,23,26)(H,24,25). The quantitative estimate of drug-likeness (QED) is 0.456. The molecule has 0 fully saturated rings. The van der Waals surface area contributed by atoms with Crippen LogP contribution >= 0.6 is 0 Å². The minimum Gasteiger partial charge on any atom is -0.462 e. The zero-order valence-electron chi connectivity index (χ0n) is 16.7. The number of rotatable bonds is 8. The number of anilines is 1. The Kier molecular flexibility index (Phi) is 6.83. The smallest absolute Gasteiger partial charge is 0.338 e. The van der Waals surface area contributed by atoms with E-state index < -0.39 is 16.0 Å². The van der Waals surface area contributed by atoms with Gasteiger partial charge in [-0.3, -0.25) is 9.59 Å². The van der Waals surface area contributed by atoms with Gasteiger partial charge in [0.25, 0.3) is 0 Å². The van der Waals surface area contributed by atoms with Crippen molar-refractivity contribution in [1.82, 2.24) is 9.71 Å². The van der Waals surface area contributed by atoms with Crippen molar-refractivity contribution in [2.75, 3.05) is 18.5 Å². The Bertz CT molecular complexity index is 1270. The number of ether oxygens (including phenoxy) is 1. The van der Waals surface area contributed by atoms with Crippen LogP contribution in [0, 0.1) is 0 Å². The van der Waals surface area contributed by atoms with E-state index in [9.17, 15) is 22.8 Å². The van der Waals surface area contributed by atoms with E-state index >= 15 is 0 Å². The minimum absolute atomic E-state index is 0.0296.